The van der Waals surface area contributed by atoms with Crippen molar-refractivity contribution in [3.8, 4) is 118 Å². The van der Waals surface area contributed by atoms with Gasteiger partial charge in [-0.3, -0.25) is 0 Å². The van der Waals surface area contributed by atoms with Gasteiger partial charge in [0, 0.05) is 55.3 Å². The Morgan fingerprint density at radius 3 is 1.40 bits per heavy atom. The smallest absolute Gasteiger partial charge is 0.160 e. The molecule has 4 heterocycles. The van der Waals surface area contributed by atoms with E-state index in [2.05, 4.69) is 334 Å². The Morgan fingerprint density at radius 2 is 0.750 bits per heavy atom. The maximum atomic E-state index is 7.18. The highest BCUT2D eigenvalue weighted by molar-refractivity contribution is 6.01. The number of rotatable bonds is 9. The molecular formula is C102H66N4O2. The van der Waals surface area contributed by atoms with E-state index in [1.54, 1.807) is 0 Å². The summed E-state index contributed by atoms with van der Waals surface area (Å²) in [7, 11) is 0. The molecule has 2 aromatic heterocycles. The van der Waals surface area contributed by atoms with Gasteiger partial charge in [0.1, 0.15) is 23.0 Å². The van der Waals surface area contributed by atoms with Gasteiger partial charge in [0.15, 0.2) is 11.6 Å². The van der Waals surface area contributed by atoms with Gasteiger partial charge in [0.05, 0.1) is 33.3 Å². The second-order valence-corrected chi connectivity index (χ2v) is 29.1. The van der Waals surface area contributed by atoms with Crippen LogP contribution in [0.5, 0.6) is 17.2 Å². The van der Waals surface area contributed by atoms with Crippen molar-refractivity contribution >= 4 is 33.0 Å². The number of benzene rings is 14. The summed E-state index contributed by atoms with van der Waals surface area (Å²) in [6, 6.07) is 119. The van der Waals surface area contributed by atoms with Crippen LogP contribution in [0.1, 0.15) is 76.0 Å². The monoisotopic (exact) mass is 1380 g/mol. The number of hydrogen-bond acceptors (Lipinski definition) is 6. The highest BCUT2D eigenvalue weighted by Gasteiger charge is 2.54. The Labute approximate surface area is 626 Å². The van der Waals surface area contributed by atoms with Crippen LogP contribution in [0.2, 0.25) is 0 Å². The first-order valence-electron chi connectivity index (χ1n) is 37.5. The fourth-order valence-corrected chi connectivity index (χ4v) is 18.7. The third-order valence-electron chi connectivity index (χ3n) is 23.5. The maximum Gasteiger partial charge on any atom is 0.160 e. The van der Waals surface area contributed by atoms with E-state index in [0.29, 0.717) is 5.82 Å². The number of hydrogen-bond donors (Lipinski definition) is 0. The van der Waals surface area contributed by atoms with Crippen molar-refractivity contribution in [2.45, 2.75) is 36.5 Å². The zero-order chi connectivity index (χ0) is 71.0. The first-order chi connectivity index (χ1) is 53.5. The van der Waals surface area contributed by atoms with E-state index in [1.165, 1.54) is 55.6 Å². The van der Waals surface area contributed by atoms with Crippen molar-refractivity contribution in [2.24, 2.45) is 0 Å². The fourth-order valence-electron chi connectivity index (χ4n) is 18.7. The third kappa shape index (κ3) is 9.33. The molecule has 0 radical (unpaired) electrons. The van der Waals surface area contributed by atoms with Crippen molar-refractivity contribution in [1.29, 1.82) is 0 Å². The standard InChI is InChI=1S/C102H66N4O2/c1-3-24-67(25-4-1)99-103-91-61-70(56-58-81(91)95(105-99)66-54-52-64(53-55-66)73-30-7-8-31-75(73)80-37-23-45-90-98(80)108-94-47-20-18-43-88(94)102(90)85-40-15-11-34-78(85)79-35-12-16-41-86(79)102)71-57-59-82-92(62-71)104-100(68-26-5-2-6-27-68)106-96(82)72-29-21-28-69(60-72)63-48-50-65(51-49-63)74-36-22-44-89-97(74)107-93-46-19-17-42-87(93)101(89)83-38-13-9-32-76(83)77-33-10-14-39-84(77)101/h1-5,7-21,23-26,28-43,45-62H,6,22,27,44H2. The Morgan fingerprint density at radius 1 is 0.287 bits per heavy atom. The van der Waals surface area contributed by atoms with Crippen LogP contribution in [0.15, 0.2) is 363 Å². The van der Waals surface area contributed by atoms with Crippen molar-refractivity contribution in [2.75, 3.05) is 0 Å². The molecule has 0 saturated heterocycles. The molecule has 6 nitrogen and oxygen atoms in total. The average molecular weight is 1380 g/mol. The van der Waals surface area contributed by atoms with Gasteiger partial charge in [-0.15, -0.1) is 0 Å². The van der Waals surface area contributed by atoms with Gasteiger partial charge in [-0.2, -0.15) is 0 Å². The average Bonchev–Trinajstić information content (AvgIpc) is 1.45. The summed E-state index contributed by atoms with van der Waals surface area (Å²) in [5, 5.41) is 1.94. The molecule has 0 N–H and O–H groups in total. The lowest BCUT2D eigenvalue weighted by Gasteiger charge is -2.43. The summed E-state index contributed by atoms with van der Waals surface area (Å²) in [5.74, 6) is 5.03. The first-order valence-corrected chi connectivity index (χ1v) is 37.5. The molecule has 6 aliphatic rings. The SMILES string of the molecule is C1=CCCC(c2nc(-c3cccc(-c4ccc(C5=CCCC6=C5Oc5ccccc5C65c6ccccc6-c6ccccc65)cc4)c3)c3ccc(-c4ccc5c(-c6ccc(-c7ccccc7-c7cccc8c7Oc7ccccc7C87c8ccccc8-c8ccccc87)cc6)nc(-c6ccccc6)nc5c4)cc3n2)=C1. The molecule has 108 heavy (non-hydrogen) atoms. The van der Waals surface area contributed by atoms with Gasteiger partial charge in [-0.1, -0.05) is 309 Å². The zero-order valence-electron chi connectivity index (χ0n) is 58.9. The molecule has 6 heteroatoms. The lowest BCUT2D eigenvalue weighted by molar-refractivity contribution is 0.394. The number of ether oxygens (including phenoxy) is 2. The maximum absolute atomic E-state index is 7.18. The van der Waals surface area contributed by atoms with Gasteiger partial charge in [0.25, 0.3) is 0 Å². The summed E-state index contributed by atoms with van der Waals surface area (Å²) < 4.78 is 14.3. The zero-order valence-corrected chi connectivity index (χ0v) is 58.9. The molecule has 0 amide bonds. The highest BCUT2D eigenvalue weighted by Crippen LogP contribution is 2.65. The number of para-hydroxylation sites is 3. The fraction of sp³-hybridized carbons (Fsp3) is 0.0588. The Balaban J connectivity index is 0.600. The molecule has 0 atom stereocenters. The molecule has 2 aliphatic heterocycles. The molecule has 506 valence electrons. The summed E-state index contributed by atoms with van der Waals surface area (Å²) in [4.78, 5) is 21.6. The van der Waals surface area contributed by atoms with Crippen LogP contribution in [-0.2, 0) is 10.8 Å². The van der Waals surface area contributed by atoms with Gasteiger partial charge in [0.2, 0.25) is 0 Å². The molecule has 0 fully saturated rings. The minimum absolute atomic E-state index is 0.452. The Hall–Kier alpha value is -13.7. The molecule has 4 aliphatic carbocycles. The van der Waals surface area contributed by atoms with E-state index in [-0.39, 0.29) is 0 Å². The predicted molar refractivity (Wildman–Crippen MR) is 437 cm³/mol. The van der Waals surface area contributed by atoms with Crippen molar-refractivity contribution in [3.05, 3.63) is 414 Å². The quantitative estimate of drug-likeness (QED) is 0.143. The second-order valence-electron chi connectivity index (χ2n) is 29.1. The minimum Gasteiger partial charge on any atom is -0.456 e. The van der Waals surface area contributed by atoms with Crippen molar-refractivity contribution in [3.63, 3.8) is 0 Å². The second kappa shape index (κ2) is 24.5. The number of nitrogens with zero attached hydrogens (tertiary/aromatic N) is 4. The van der Waals surface area contributed by atoms with Gasteiger partial charge >= 0.3 is 0 Å². The molecule has 0 saturated carbocycles. The van der Waals surface area contributed by atoms with Crippen LogP contribution in [0.25, 0.3) is 134 Å². The number of aromatic nitrogens is 4. The highest BCUT2D eigenvalue weighted by atomic mass is 16.5. The van der Waals surface area contributed by atoms with E-state index in [1.807, 2.05) is 18.2 Å². The van der Waals surface area contributed by atoms with E-state index in [9.17, 15) is 0 Å². The lowest BCUT2D eigenvalue weighted by Crippen LogP contribution is -2.36. The Bertz CT molecular complexity index is 6530. The first kappa shape index (κ1) is 61.8. The Kier molecular flexibility index (Phi) is 14.0. The summed E-state index contributed by atoms with van der Waals surface area (Å²) >= 11 is 0. The molecule has 14 aromatic carbocycles. The van der Waals surface area contributed by atoms with E-state index in [4.69, 9.17) is 29.4 Å². The molecular weight excluding hydrogens is 1310 g/mol. The minimum atomic E-state index is -0.567. The summed E-state index contributed by atoms with van der Waals surface area (Å²) in [6.07, 6.45) is 12.5. The number of allylic oxidation sites excluding steroid dienone is 7. The van der Waals surface area contributed by atoms with Crippen LogP contribution in [0.4, 0.5) is 0 Å². The van der Waals surface area contributed by atoms with Crippen LogP contribution in [0, 0.1) is 0 Å². The third-order valence-corrected chi connectivity index (χ3v) is 23.5. The van der Waals surface area contributed by atoms with Crippen molar-refractivity contribution in [1.82, 2.24) is 19.9 Å². The van der Waals surface area contributed by atoms with E-state index >= 15 is 0 Å². The normalized spacial score (nSPS) is 14.9. The van der Waals surface area contributed by atoms with Crippen LogP contribution < -0.4 is 9.47 Å². The number of fused-ring (bicyclic) bond motifs is 19. The van der Waals surface area contributed by atoms with Crippen LogP contribution in [-0.4, -0.2) is 19.9 Å². The van der Waals surface area contributed by atoms with Gasteiger partial charge in [-0.05, 0) is 168 Å². The molecule has 16 aromatic rings. The van der Waals surface area contributed by atoms with Crippen LogP contribution in [0.3, 0.4) is 0 Å². The van der Waals surface area contributed by atoms with E-state index < -0.39 is 10.8 Å². The topological polar surface area (TPSA) is 70.0 Å². The van der Waals surface area contributed by atoms with E-state index in [0.717, 1.165) is 177 Å². The van der Waals surface area contributed by atoms with Gasteiger partial charge in [-0.25, -0.2) is 19.9 Å². The molecule has 22 rings (SSSR count). The lowest BCUT2D eigenvalue weighted by atomic mass is 9.63. The van der Waals surface area contributed by atoms with Gasteiger partial charge < -0.3 is 9.47 Å². The summed E-state index contributed by atoms with van der Waals surface area (Å²) in [5.41, 5.74) is 32.6. The molecule has 2 spiro atoms. The van der Waals surface area contributed by atoms with Crippen molar-refractivity contribution < 1.29 is 9.47 Å². The summed E-state index contributed by atoms with van der Waals surface area (Å²) in [6.45, 7) is 0. The largest absolute Gasteiger partial charge is 0.456 e. The molecule has 0 bridgehead atoms. The predicted octanol–water partition coefficient (Wildman–Crippen LogP) is 25.3. The molecule has 0 unspecified atom stereocenters. The van der Waals surface area contributed by atoms with Crippen LogP contribution >= 0.6 is 0 Å².